The maximum absolute atomic E-state index is 12.2. The standard InChI is InChI=1S/C20H25NO2S/c1-14-6-5-7-17(10-14)12-24-13-20(22)21-16(3)18-11-15(2)8-9-19(18)23-4/h5-11,16H,12-13H2,1-4H3,(H,21,22). The van der Waals surface area contributed by atoms with Gasteiger partial charge in [-0.25, -0.2) is 0 Å². The summed E-state index contributed by atoms with van der Waals surface area (Å²) in [5, 5.41) is 3.06. The zero-order chi connectivity index (χ0) is 17.5. The lowest BCUT2D eigenvalue weighted by atomic mass is 10.0. The smallest absolute Gasteiger partial charge is 0.230 e. The van der Waals surface area contributed by atoms with Crippen molar-refractivity contribution in [3.05, 3.63) is 64.7 Å². The molecule has 0 aliphatic heterocycles. The molecule has 0 aliphatic carbocycles. The fraction of sp³-hybridized carbons (Fsp3) is 0.350. The van der Waals surface area contributed by atoms with Crippen molar-refractivity contribution in [2.75, 3.05) is 12.9 Å². The molecule has 0 bridgehead atoms. The molecule has 0 fully saturated rings. The van der Waals surface area contributed by atoms with Crippen LogP contribution in [0.4, 0.5) is 0 Å². The fourth-order valence-corrected chi connectivity index (χ4v) is 3.40. The number of thioether (sulfide) groups is 1. The Morgan fingerprint density at radius 2 is 1.92 bits per heavy atom. The van der Waals surface area contributed by atoms with Gasteiger partial charge in [-0.2, -0.15) is 0 Å². The van der Waals surface area contributed by atoms with Crippen LogP contribution in [0.5, 0.6) is 5.75 Å². The van der Waals surface area contributed by atoms with E-state index in [1.165, 1.54) is 11.1 Å². The maximum atomic E-state index is 12.2. The Hall–Kier alpha value is -1.94. The topological polar surface area (TPSA) is 38.3 Å². The summed E-state index contributed by atoms with van der Waals surface area (Å²) in [4.78, 5) is 12.2. The van der Waals surface area contributed by atoms with Gasteiger partial charge in [0.1, 0.15) is 5.75 Å². The van der Waals surface area contributed by atoms with Crippen molar-refractivity contribution in [3.63, 3.8) is 0 Å². The summed E-state index contributed by atoms with van der Waals surface area (Å²) in [7, 11) is 1.65. The number of aryl methyl sites for hydroxylation is 2. The van der Waals surface area contributed by atoms with Crippen LogP contribution in [0.15, 0.2) is 42.5 Å². The molecule has 2 rings (SSSR count). The Kier molecular flexibility index (Phi) is 6.73. The molecule has 1 unspecified atom stereocenters. The second-order valence-electron chi connectivity index (χ2n) is 6.02. The highest BCUT2D eigenvalue weighted by molar-refractivity contribution is 7.99. The molecule has 0 spiro atoms. The summed E-state index contributed by atoms with van der Waals surface area (Å²) in [5.74, 6) is 2.15. The van der Waals surface area contributed by atoms with Gasteiger partial charge < -0.3 is 10.1 Å². The van der Waals surface area contributed by atoms with Crippen LogP contribution in [0, 0.1) is 13.8 Å². The van der Waals surface area contributed by atoms with Crippen molar-refractivity contribution < 1.29 is 9.53 Å². The summed E-state index contributed by atoms with van der Waals surface area (Å²) in [6, 6.07) is 14.3. The number of hydrogen-bond donors (Lipinski definition) is 1. The second-order valence-corrected chi connectivity index (χ2v) is 7.00. The van der Waals surface area contributed by atoms with E-state index in [0.717, 1.165) is 22.6 Å². The Balaban J connectivity index is 1.87. The largest absolute Gasteiger partial charge is 0.496 e. The first-order chi connectivity index (χ1) is 11.5. The van der Waals surface area contributed by atoms with Crippen LogP contribution in [-0.2, 0) is 10.5 Å². The van der Waals surface area contributed by atoms with E-state index >= 15 is 0 Å². The molecule has 0 radical (unpaired) electrons. The minimum absolute atomic E-state index is 0.0451. The number of ether oxygens (including phenoxy) is 1. The van der Waals surface area contributed by atoms with E-state index in [0.29, 0.717) is 5.75 Å². The quantitative estimate of drug-likeness (QED) is 0.808. The molecule has 2 aromatic rings. The lowest BCUT2D eigenvalue weighted by Crippen LogP contribution is -2.28. The van der Waals surface area contributed by atoms with Gasteiger partial charge in [0.25, 0.3) is 0 Å². The summed E-state index contributed by atoms with van der Waals surface area (Å²) in [6.45, 7) is 6.10. The maximum Gasteiger partial charge on any atom is 0.230 e. The summed E-state index contributed by atoms with van der Waals surface area (Å²) >= 11 is 1.63. The first-order valence-electron chi connectivity index (χ1n) is 8.07. The van der Waals surface area contributed by atoms with Gasteiger partial charge in [-0.15, -0.1) is 11.8 Å². The van der Waals surface area contributed by atoms with Crippen molar-refractivity contribution in [1.82, 2.24) is 5.32 Å². The monoisotopic (exact) mass is 343 g/mol. The van der Waals surface area contributed by atoms with Gasteiger partial charge in [0, 0.05) is 11.3 Å². The highest BCUT2D eigenvalue weighted by Gasteiger charge is 2.14. The minimum Gasteiger partial charge on any atom is -0.496 e. The van der Waals surface area contributed by atoms with Crippen LogP contribution in [-0.4, -0.2) is 18.8 Å². The van der Waals surface area contributed by atoms with Crippen LogP contribution >= 0.6 is 11.8 Å². The number of nitrogens with one attached hydrogen (secondary N) is 1. The predicted octanol–water partition coefficient (Wildman–Crippen LogP) is 4.42. The van der Waals surface area contributed by atoms with E-state index in [-0.39, 0.29) is 11.9 Å². The normalized spacial score (nSPS) is 11.8. The highest BCUT2D eigenvalue weighted by Crippen LogP contribution is 2.26. The molecule has 0 saturated heterocycles. The van der Waals surface area contributed by atoms with Gasteiger partial charge in [0.15, 0.2) is 0 Å². The number of hydrogen-bond acceptors (Lipinski definition) is 3. The average Bonchev–Trinajstić information content (AvgIpc) is 2.54. The van der Waals surface area contributed by atoms with Gasteiger partial charge in [0.2, 0.25) is 5.91 Å². The Morgan fingerprint density at radius 1 is 1.17 bits per heavy atom. The summed E-state index contributed by atoms with van der Waals surface area (Å²) in [5.41, 5.74) is 4.66. The predicted molar refractivity (Wildman–Crippen MR) is 102 cm³/mol. The van der Waals surface area contributed by atoms with Crippen LogP contribution < -0.4 is 10.1 Å². The molecular formula is C20H25NO2S. The van der Waals surface area contributed by atoms with Crippen LogP contribution in [0.1, 0.15) is 35.2 Å². The van der Waals surface area contributed by atoms with Gasteiger partial charge in [-0.1, -0.05) is 47.5 Å². The van der Waals surface area contributed by atoms with Crippen LogP contribution in [0.3, 0.4) is 0 Å². The van der Waals surface area contributed by atoms with E-state index in [1.54, 1.807) is 18.9 Å². The lowest BCUT2D eigenvalue weighted by Gasteiger charge is -2.18. The lowest BCUT2D eigenvalue weighted by molar-refractivity contribution is -0.119. The third kappa shape index (κ3) is 5.31. The molecule has 4 heteroatoms. The Labute approximate surface area is 148 Å². The van der Waals surface area contributed by atoms with Crippen LogP contribution in [0.25, 0.3) is 0 Å². The zero-order valence-corrected chi connectivity index (χ0v) is 15.6. The van der Waals surface area contributed by atoms with Gasteiger partial charge in [0.05, 0.1) is 18.9 Å². The zero-order valence-electron chi connectivity index (χ0n) is 14.8. The van der Waals surface area contributed by atoms with Gasteiger partial charge >= 0.3 is 0 Å². The number of rotatable bonds is 7. The number of benzene rings is 2. The average molecular weight is 343 g/mol. The number of methoxy groups -OCH3 is 1. The number of amides is 1. The van der Waals surface area contributed by atoms with Crippen molar-refractivity contribution in [3.8, 4) is 5.75 Å². The van der Waals surface area contributed by atoms with Gasteiger partial charge in [-0.05, 0) is 32.4 Å². The van der Waals surface area contributed by atoms with Gasteiger partial charge in [-0.3, -0.25) is 4.79 Å². The van der Waals surface area contributed by atoms with E-state index < -0.39 is 0 Å². The van der Waals surface area contributed by atoms with E-state index in [9.17, 15) is 4.79 Å². The molecule has 1 N–H and O–H groups in total. The van der Waals surface area contributed by atoms with E-state index in [1.807, 2.05) is 26.0 Å². The van der Waals surface area contributed by atoms with Crippen molar-refractivity contribution in [1.29, 1.82) is 0 Å². The van der Waals surface area contributed by atoms with Crippen molar-refractivity contribution >= 4 is 17.7 Å². The van der Waals surface area contributed by atoms with Crippen molar-refractivity contribution in [2.45, 2.75) is 32.6 Å². The number of carbonyl (C=O) groups is 1. The third-order valence-corrected chi connectivity index (χ3v) is 4.82. The minimum atomic E-state index is -0.0769. The van der Waals surface area contributed by atoms with E-state index in [4.69, 9.17) is 4.74 Å². The molecule has 2 aromatic carbocycles. The van der Waals surface area contributed by atoms with E-state index in [2.05, 4.69) is 42.6 Å². The summed E-state index contributed by atoms with van der Waals surface area (Å²) in [6.07, 6.45) is 0. The third-order valence-electron chi connectivity index (χ3n) is 3.81. The first-order valence-corrected chi connectivity index (χ1v) is 9.22. The number of carbonyl (C=O) groups excluding carboxylic acids is 1. The van der Waals surface area contributed by atoms with Crippen molar-refractivity contribution in [2.24, 2.45) is 0 Å². The Bertz CT molecular complexity index is 700. The molecule has 1 amide bonds. The molecule has 0 aromatic heterocycles. The molecular weight excluding hydrogens is 318 g/mol. The Morgan fingerprint density at radius 3 is 2.62 bits per heavy atom. The molecule has 0 heterocycles. The molecule has 1 atom stereocenters. The first kappa shape index (κ1) is 18.4. The molecule has 128 valence electrons. The fourth-order valence-electron chi connectivity index (χ4n) is 2.62. The molecule has 3 nitrogen and oxygen atoms in total. The molecule has 0 aliphatic rings. The highest BCUT2D eigenvalue weighted by atomic mass is 32.2. The summed E-state index contributed by atoms with van der Waals surface area (Å²) < 4.78 is 5.40. The second kappa shape index (κ2) is 8.78. The molecule has 0 saturated carbocycles. The SMILES string of the molecule is COc1ccc(C)cc1C(C)NC(=O)CSCc1cccc(C)c1. The van der Waals surface area contributed by atoms with Crippen LogP contribution in [0.2, 0.25) is 0 Å². The molecule has 24 heavy (non-hydrogen) atoms.